The van der Waals surface area contributed by atoms with Gasteiger partial charge in [-0.15, -0.1) is 0 Å². The highest BCUT2D eigenvalue weighted by molar-refractivity contribution is 5.79. The van der Waals surface area contributed by atoms with E-state index in [4.69, 9.17) is 5.73 Å². The lowest BCUT2D eigenvalue weighted by atomic mass is 10.1. The Labute approximate surface area is 118 Å². The van der Waals surface area contributed by atoms with Gasteiger partial charge in [0.1, 0.15) is 0 Å². The molecule has 2 rings (SSSR count). The number of nitrogens with zero attached hydrogens (tertiary/aromatic N) is 2. The largest absolute Gasteiger partial charge is 0.350 e. The average molecular weight is 272 g/mol. The van der Waals surface area contributed by atoms with Crippen LogP contribution in [0.4, 0.5) is 0 Å². The predicted octanol–water partition coefficient (Wildman–Crippen LogP) is 1.27. The molecule has 0 saturated heterocycles. The molecule has 0 aliphatic carbocycles. The molecule has 0 aliphatic rings. The van der Waals surface area contributed by atoms with E-state index in [-0.39, 0.29) is 11.4 Å². The van der Waals surface area contributed by atoms with E-state index in [1.807, 2.05) is 50.4 Å². The first-order valence-corrected chi connectivity index (χ1v) is 6.60. The maximum atomic E-state index is 11.9. The lowest BCUT2D eigenvalue weighted by Gasteiger charge is -2.23. The number of hydrogen-bond donors (Lipinski definition) is 2. The molecule has 5 heteroatoms. The van der Waals surface area contributed by atoms with Crippen molar-refractivity contribution in [3.8, 4) is 5.69 Å². The number of carbonyl (C=O) groups excluding carboxylic acids is 1. The van der Waals surface area contributed by atoms with Crippen LogP contribution in [0.3, 0.4) is 0 Å². The fraction of sp³-hybridized carbons (Fsp3) is 0.333. The molecule has 0 atom stereocenters. The molecule has 1 aromatic carbocycles. The molecule has 1 aromatic heterocycles. The number of nitrogens with one attached hydrogen (secondary N) is 1. The molecule has 1 amide bonds. The van der Waals surface area contributed by atoms with Gasteiger partial charge in [0.15, 0.2) is 0 Å². The Bertz CT molecular complexity index is 575. The summed E-state index contributed by atoms with van der Waals surface area (Å²) in [6.07, 6.45) is 3.88. The van der Waals surface area contributed by atoms with E-state index >= 15 is 0 Å². The number of rotatable bonds is 5. The number of aromatic nitrogens is 2. The second kappa shape index (κ2) is 5.88. The molecule has 0 unspecified atom stereocenters. The summed E-state index contributed by atoms with van der Waals surface area (Å²) in [6, 6.07) is 9.79. The molecule has 2 aromatic rings. The molecule has 0 bridgehead atoms. The van der Waals surface area contributed by atoms with Gasteiger partial charge in [-0.25, -0.2) is 4.68 Å². The number of para-hydroxylation sites is 1. The van der Waals surface area contributed by atoms with Crippen LogP contribution in [0.2, 0.25) is 0 Å². The van der Waals surface area contributed by atoms with Crippen LogP contribution in [0.25, 0.3) is 5.69 Å². The molecule has 1 heterocycles. The molecule has 0 aliphatic heterocycles. The van der Waals surface area contributed by atoms with E-state index < -0.39 is 0 Å². The Kier molecular flexibility index (Phi) is 4.20. The van der Waals surface area contributed by atoms with Gasteiger partial charge < -0.3 is 11.1 Å². The molecule has 0 saturated carbocycles. The zero-order valence-electron chi connectivity index (χ0n) is 11.8. The Morgan fingerprint density at radius 1 is 1.35 bits per heavy atom. The standard InChI is InChI=1S/C15H20N4O/c1-15(2,11-16)18-14(20)8-12-9-17-19(10-12)13-6-4-3-5-7-13/h3-7,9-10H,8,11,16H2,1-2H3,(H,18,20). The van der Waals surface area contributed by atoms with E-state index in [1.54, 1.807) is 10.9 Å². The van der Waals surface area contributed by atoms with Crippen LogP contribution in [-0.4, -0.2) is 27.8 Å². The smallest absolute Gasteiger partial charge is 0.224 e. The van der Waals surface area contributed by atoms with E-state index in [1.165, 1.54) is 0 Å². The molecule has 106 valence electrons. The van der Waals surface area contributed by atoms with Crippen molar-refractivity contribution in [3.63, 3.8) is 0 Å². The summed E-state index contributed by atoms with van der Waals surface area (Å²) in [6.45, 7) is 4.21. The lowest BCUT2D eigenvalue weighted by molar-refractivity contribution is -0.121. The van der Waals surface area contributed by atoms with Crippen LogP contribution in [0, 0.1) is 0 Å². The van der Waals surface area contributed by atoms with Crippen molar-refractivity contribution in [2.24, 2.45) is 5.73 Å². The van der Waals surface area contributed by atoms with Crippen LogP contribution >= 0.6 is 0 Å². The topological polar surface area (TPSA) is 72.9 Å². The normalized spacial score (nSPS) is 11.3. The maximum Gasteiger partial charge on any atom is 0.224 e. The predicted molar refractivity (Wildman–Crippen MR) is 78.5 cm³/mol. The quantitative estimate of drug-likeness (QED) is 0.861. The van der Waals surface area contributed by atoms with E-state index in [9.17, 15) is 4.79 Å². The zero-order valence-corrected chi connectivity index (χ0v) is 11.8. The van der Waals surface area contributed by atoms with Gasteiger partial charge in [0.05, 0.1) is 18.3 Å². The van der Waals surface area contributed by atoms with Gasteiger partial charge in [0.2, 0.25) is 5.91 Å². The molecule has 20 heavy (non-hydrogen) atoms. The van der Waals surface area contributed by atoms with Gasteiger partial charge in [0, 0.05) is 18.3 Å². The summed E-state index contributed by atoms with van der Waals surface area (Å²) in [5.74, 6) is -0.0481. The number of carbonyl (C=O) groups is 1. The van der Waals surface area contributed by atoms with Crippen molar-refractivity contribution in [2.45, 2.75) is 25.8 Å². The van der Waals surface area contributed by atoms with Gasteiger partial charge >= 0.3 is 0 Å². The fourth-order valence-corrected chi connectivity index (χ4v) is 1.83. The monoisotopic (exact) mass is 272 g/mol. The summed E-state index contributed by atoms with van der Waals surface area (Å²) in [7, 11) is 0. The SMILES string of the molecule is CC(C)(CN)NC(=O)Cc1cnn(-c2ccccc2)c1. The number of benzene rings is 1. The minimum absolute atomic E-state index is 0.0481. The fourth-order valence-electron chi connectivity index (χ4n) is 1.83. The third kappa shape index (κ3) is 3.68. The van der Waals surface area contributed by atoms with Gasteiger partial charge in [-0.2, -0.15) is 5.10 Å². The van der Waals surface area contributed by atoms with Gasteiger partial charge in [0.25, 0.3) is 0 Å². The molecule has 0 fully saturated rings. The third-order valence-corrected chi connectivity index (χ3v) is 3.01. The van der Waals surface area contributed by atoms with Crippen molar-refractivity contribution in [1.29, 1.82) is 0 Å². The molecule has 0 spiro atoms. The van der Waals surface area contributed by atoms with Crippen LogP contribution in [0.1, 0.15) is 19.4 Å². The van der Waals surface area contributed by atoms with Crippen molar-refractivity contribution in [2.75, 3.05) is 6.54 Å². The Morgan fingerprint density at radius 2 is 2.05 bits per heavy atom. The minimum atomic E-state index is -0.382. The van der Waals surface area contributed by atoms with Crippen LogP contribution in [0.5, 0.6) is 0 Å². The second-order valence-corrected chi connectivity index (χ2v) is 5.44. The lowest BCUT2D eigenvalue weighted by Crippen LogP contribution is -2.49. The second-order valence-electron chi connectivity index (χ2n) is 5.44. The van der Waals surface area contributed by atoms with E-state index in [0.29, 0.717) is 13.0 Å². The maximum absolute atomic E-state index is 11.9. The average Bonchev–Trinajstić information content (AvgIpc) is 2.87. The molecular weight excluding hydrogens is 252 g/mol. The highest BCUT2D eigenvalue weighted by Crippen LogP contribution is 2.08. The number of hydrogen-bond acceptors (Lipinski definition) is 3. The van der Waals surface area contributed by atoms with Crippen molar-refractivity contribution in [3.05, 3.63) is 48.3 Å². The van der Waals surface area contributed by atoms with Crippen molar-refractivity contribution >= 4 is 5.91 Å². The summed E-state index contributed by atoms with van der Waals surface area (Å²) in [4.78, 5) is 11.9. The minimum Gasteiger partial charge on any atom is -0.350 e. The van der Waals surface area contributed by atoms with Crippen LogP contribution < -0.4 is 11.1 Å². The van der Waals surface area contributed by atoms with Crippen molar-refractivity contribution in [1.82, 2.24) is 15.1 Å². The third-order valence-electron chi connectivity index (χ3n) is 3.01. The van der Waals surface area contributed by atoms with Gasteiger partial charge in [-0.3, -0.25) is 4.79 Å². The van der Waals surface area contributed by atoms with Crippen LogP contribution in [-0.2, 0) is 11.2 Å². The van der Waals surface area contributed by atoms with Gasteiger partial charge in [-0.1, -0.05) is 18.2 Å². The number of nitrogens with two attached hydrogens (primary N) is 1. The first kappa shape index (κ1) is 14.3. The molecule has 3 N–H and O–H groups in total. The zero-order chi connectivity index (χ0) is 14.6. The van der Waals surface area contributed by atoms with Crippen molar-refractivity contribution < 1.29 is 4.79 Å². The molecule has 5 nitrogen and oxygen atoms in total. The Balaban J connectivity index is 2.02. The highest BCUT2D eigenvalue weighted by Gasteiger charge is 2.18. The summed E-state index contributed by atoms with van der Waals surface area (Å²) >= 11 is 0. The molecule has 0 radical (unpaired) electrons. The summed E-state index contributed by atoms with van der Waals surface area (Å²) in [5, 5.41) is 7.17. The Hall–Kier alpha value is -2.14. The highest BCUT2D eigenvalue weighted by atomic mass is 16.1. The van der Waals surface area contributed by atoms with Gasteiger partial charge in [-0.05, 0) is 31.5 Å². The first-order chi connectivity index (χ1) is 9.50. The first-order valence-electron chi connectivity index (χ1n) is 6.60. The van der Waals surface area contributed by atoms with Crippen LogP contribution in [0.15, 0.2) is 42.7 Å². The summed E-state index contributed by atoms with van der Waals surface area (Å²) in [5.41, 5.74) is 7.06. The Morgan fingerprint density at radius 3 is 2.70 bits per heavy atom. The summed E-state index contributed by atoms with van der Waals surface area (Å²) < 4.78 is 1.76. The number of amides is 1. The van der Waals surface area contributed by atoms with E-state index in [2.05, 4.69) is 10.4 Å². The van der Waals surface area contributed by atoms with E-state index in [0.717, 1.165) is 11.3 Å². The molecular formula is C15H20N4O.